The second-order valence-corrected chi connectivity index (χ2v) is 7.20. The van der Waals surface area contributed by atoms with E-state index in [1.165, 1.54) is 0 Å². The highest BCUT2D eigenvalue weighted by atomic mass is 35.5. The quantitative estimate of drug-likeness (QED) is 0.374. The van der Waals surface area contributed by atoms with Crippen molar-refractivity contribution in [3.05, 3.63) is 93.7 Å². The molecule has 0 saturated carbocycles. The topological polar surface area (TPSA) is 61.7 Å². The third-order valence-corrected chi connectivity index (χ3v) is 4.83. The number of allylic oxidation sites excluding steroid dienone is 1. The van der Waals surface area contributed by atoms with Crippen LogP contribution < -0.4 is 4.74 Å². The Hall–Kier alpha value is -3.26. The molecule has 4 nitrogen and oxygen atoms in total. The van der Waals surface area contributed by atoms with Crippen LogP contribution in [0.2, 0.25) is 10.0 Å². The van der Waals surface area contributed by atoms with Crippen LogP contribution in [-0.4, -0.2) is 9.97 Å². The molecule has 0 radical (unpaired) electrons. The summed E-state index contributed by atoms with van der Waals surface area (Å²) in [6.07, 6.45) is 1.68. The number of aromatic nitrogens is 2. The Morgan fingerprint density at radius 3 is 2.59 bits per heavy atom. The number of aromatic amines is 1. The number of ether oxygens (including phenoxy) is 1. The van der Waals surface area contributed by atoms with E-state index < -0.39 is 0 Å². The molecular formula is C23H15Cl2N3O. The standard InChI is InChI=1S/C23H15Cl2N3O/c24-18-11-16(22(19(25)12-18)29-14-15-6-2-1-3-7-15)10-17(13-26)23-27-20-8-4-5-9-21(20)28-23/h1-12H,14H2,(H,27,28)/b17-10+. The van der Waals surface area contributed by atoms with Crippen LogP contribution in [0, 0.1) is 11.3 Å². The minimum atomic E-state index is 0.343. The number of para-hydroxylation sites is 2. The van der Waals surface area contributed by atoms with Crippen LogP contribution in [0.4, 0.5) is 0 Å². The van der Waals surface area contributed by atoms with Crippen molar-refractivity contribution in [2.75, 3.05) is 0 Å². The molecule has 0 saturated heterocycles. The minimum Gasteiger partial charge on any atom is -0.487 e. The van der Waals surface area contributed by atoms with Gasteiger partial charge in [-0.2, -0.15) is 5.26 Å². The molecule has 0 bridgehead atoms. The molecule has 0 aliphatic heterocycles. The molecule has 0 aliphatic rings. The van der Waals surface area contributed by atoms with E-state index in [0.29, 0.717) is 39.4 Å². The molecule has 142 valence electrons. The molecule has 0 aliphatic carbocycles. The van der Waals surface area contributed by atoms with Gasteiger partial charge >= 0.3 is 0 Å². The fraction of sp³-hybridized carbons (Fsp3) is 0.0435. The van der Waals surface area contributed by atoms with E-state index in [9.17, 15) is 5.26 Å². The van der Waals surface area contributed by atoms with Gasteiger partial charge in [-0.05, 0) is 35.9 Å². The van der Waals surface area contributed by atoms with Gasteiger partial charge in [0.05, 0.1) is 21.6 Å². The van der Waals surface area contributed by atoms with Gasteiger partial charge in [0, 0.05) is 10.6 Å². The lowest BCUT2D eigenvalue weighted by molar-refractivity contribution is 0.306. The van der Waals surface area contributed by atoms with Gasteiger partial charge in [0.25, 0.3) is 0 Å². The third-order valence-electron chi connectivity index (χ3n) is 4.33. The van der Waals surface area contributed by atoms with Gasteiger partial charge in [0.1, 0.15) is 24.3 Å². The predicted molar refractivity (Wildman–Crippen MR) is 117 cm³/mol. The molecule has 0 unspecified atom stereocenters. The summed E-state index contributed by atoms with van der Waals surface area (Å²) in [6.45, 7) is 0.343. The van der Waals surface area contributed by atoms with Crippen molar-refractivity contribution in [2.24, 2.45) is 0 Å². The van der Waals surface area contributed by atoms with Gasteiger partial charge < -0.3 is 9.72 Å². The second-order valence-electron chi connectivity index (χ2n) is 6.35. The lowest BCUT2D eigenvalue weighted by Gasteiger charge is -2.12. The molecule has 0 spiro atoms. The van der Waals surface area contributed by atoms with E-state index in [0.717, 1.165) is 16.6 Å². The Morgan fingerprint density at radius 2 is 1.83 bits per heavy atom. The van der Waals surface area contributed by atoms with Gasteiger partial charge in [-0.1, -0.05) is 65.7 Å². The van der Waals surface area contributed by atoms with E-state index in [-0.39, 0.29) is 0 Å². The summed E-state index contributed by atoms with van der Waals surface area (Å²) < 4.78 is 5.97. The molecule has 4 rings (SSSR count). The summed E-state index contributed by atoms with van der Waals surface area (Å²) in [4.78, 5) is 7.66. The molecule has 0 fully saturated rings. The number of H-pyrrole nitrogens is 1. The van der Waals surface area contributed by atoms with Crippen molar-refractivity contribution in [1.82, 2.24) is 9.97 Å². The highest BCUT2D eigenvalue weighted by Gasteiger charge is 2.13. The highest BCUT2D eigenvalue weighted by Crippen LogP contribution is 2.35. The third kappa shape index (κ3) is 4.27. The first-order chi connectivity index (χ1) is 14.1. The molecule has 29 heavy (non-hydrogen) atoms. The maximum atomic E-state index is 9.72. The Kier molecular flexibility index (Phi) is 5.53. The Balaban J connectivity index is 1.73. The molecule has 4 aromatic rings. The predicted octanol–water partition coefficient (Wildman–Crippen LogP) is 6.51. The number of benzene rings is 3. The largest absolute Gasteiger partial charge is 0.487 e. The van der Waals surface area contributed by atoms with Gasteiger partial charge in [0.15, 0.2) is 0 Å². The average Bonchev–Trinajstić information content (AvgIpc) is 3.16. The average molecular weight is 420 g/mol. The first-order valence-corrected chi connectivity index (χ1v) is 9.62. The van der Waals surface area contributed by atoms with Crippen LogP contribution >= 0.6 is 23.2 Å². The van der Waals surface area contributed by atoms with E-state index in [2.05, 4.69) is 16.0 Å². The Morgan fingerprint density at radius 1 is 1.07 bits per heavy atom. The fourth-order valence-corrected chi connectivity index (χ4v) is 3.52. The van der Waals surface area contributed by atoms with Gasteiger partial charge in [-0.3, -0.25) is 0 Å². The van der Waals surface area contributed by atoms with E-state index in [1.54, 1.807) is 18.2 Å². The number of fused-ring (bicyclic) bond motifs is 1. The summed E-state index contributed by atoms with van der Waals surface area (Å²) >= 11 is 12.6. The van der Waals surface area contributed by atoms with Crippen LogP contribution in [-0.2, 0) is 6.61 Å². The molecule has 1 N–H and O–H groups in total. The van der Waals surface area contributed by atoms with Crippen molar-refractivity contribution in [1.29, 1.82) is 5.26 Å². The van der Waals surface area contributed by atoms with Crippen molar-refractivity contribution in [2.45, 2.75) is 6.61 Å². The molecule has 6 heteroatoms. The van der Waals surface area contributed by atoms with Gasteiger partial charge in [0.2, 0.25) is 0 Å². The lowest BCUT2D eigenvalue weighted by atomic mass is 10.1. The first kappa shape index (κ1) is 19.1. The minimum absolute atomic E-state index is 0.343. The summed E-state index contributed by atoms with van der Waals surface area (Å²) in [5, 5.41) is 10.5. The fourth-order valence-electron chi connectivity index (χ4n) is 2.96. The Bertz CT molecular complexity index is 1210. The number of nitrogens with one attached hydrogen (secondary N) is 1. The maximum absolute atomic E-state index is 9.72. The van der Waals surface area contributed by atoms with Gasteiger partial charge in [-0.25, -0.2) is 4.98 Å². The number of hydrogen-bond donors (Lipinski definition) is 1. The molecular weight excluding hydrogens is 405 g/mol. The molecule has 0 atom stereocenters. The lowest BCUT2D eigenvalue weighted by Crippen LogP contribution is -1.98. The number of nitriles is 1. The zero-order valence-corrected chi connectivity index (χ0v) is 16.7. The Labute approximate surface area is 178 Å². The van der Waals surface area contributed by atoms with E-state index >= 15 is 0 Å². The van der Waals surface area contributed by atoms with Gasteiger partial charge in [-0.15, -0.1) is 0 Å². The van der Waals surface area contributed by atoms with Crippen LogP contribution in [0.5, 0.6) is 5.75 Å². The SMILES string of the molecule is N#C/C(=C\c1cc(Cl)cc(Cl)c1OCc1ccccc1)c1nc2ccccc2[nH]1. The van der Waals surface area contributed by atoms with Crippen molar-refractivity contribution < 1.29 is 4.74 Å². The zero-order valence-electron chi connectivity index (χ0n) is 15.2. The maximum Gasteiger partial charge on any atom is 0.149 e. The number of halogens is 2. The normalized spacial score (nSPS) is 11.4. The van der Waals surface area contributed by atoms with E-state index in [4.69, 9.17) is 27.9 Å². The molecule has 0 amide bonds. The van der Waals surface area contributed by atoms with E-state index in [1.807, 2.05) is 54.6 Å². The van der Waals surface area contributed by atoms with Crippen LogP contribution in [0.1, 0.15) is 17.0 Å². The van der Waals surface area contributed by atoms with Crippen molar-refractivity contribution >= 4 is 45.9 Å². The summed E-state index contributed by atoms with van der Waals surface area (Å²) in [6, 6.07) is 22.9. The van der Waals surface area contributed by atoms with Crippen molar-refractivity contribution in [3.63, 3.8) is 0 Å². The van der Waals surface area contributed by atoms with Crippen LogP contribution in [0.25, 0.3) is 22.7 Å². The number of hydrogen-bond acceptors (Lipinski definition) is 3. The number of rotatable bonds is 5. The second kappa shape index (κ2) is 8.40. The molecule has 1 aromatic heterocycles. The van der Waals surface area contributed by atoms with Crippen LogP contribution in [0.15, 0.2) is 66.7 Å². The summed E-state index contributed by atoms with van der Waals surface area (Å²) in [7, 11) is 0. The molecule has 1 heterocycles. The monoisotopic (exact) mass is 419 g/mol. The zero-order chi connectivity index (χ0) is 20.2. The smallest absolute Gasteiger partial charge is 0.149 e. The van der Waals surface area contributed by atoms with Crippen molar-refractivity contribution in [3.8, 4) is 11.8 Å². The number of nitrogens with zero attached hydrogens (tertiary/aromatic N) is 2. The highest BCUT2D eigenvalue weighted by molar-refractivity contribution is 6.36. The molecule has 3 aromatic carbocycles. The number of imidazole rings is 1. The first-order valence-electron chi connectivity index (χ1n) is 8.87. The summed E-state index contributed by atoms with van der Waals surface area (Å²) in [5.74, 6) is 0.933. The van der Waals surface area contributed by atoms with Crippen LogP contribution in [0.3, 0.4) is 0 Å². The summed E-state index contributed by atoms with van der Waals surface area (Å²) in [5.41, 5.74) is 3.60.